The molecular formula is C8H5FN2O2. The minimum Gasteiger partial charge on any atom is -0.478 e. The van der Waals surface area contributed by atoms with E-state index in [4.69, 9.17) is 16.1 Å². The fourth-order valence-corrected chi connectivity index (χ4v) is 0.895. The summed E-state index contributed by atoms with van der Waals surface area (Å²) in [5.41, 5.74) is 4.04. The molecule has 0 saturated heterocycles. The number of carboxylic acid groups (broad SMARTS) is 1. The average Bonchev–Trinajstić information content (AvgIpc) is 2.04. The summed E-state index contributed by atoms with van der Waals surface area (Å²) in [5, 5.41) is 16.9. The lowest BCUT2D eigenvalue weighted by molar-refractivity contribution is 0.0693. The van der Waals surface area contributed by atoms with Gasteiger partial charge in [0.1, 0.15) is 11.6 Å². The van der Waals surface area contributed by atoms with Gasteiger partial charge in [0.05, 0.1) is 5.56 Å². The Balaban J connectivity index is 3.50. The number of nitrogens with zero attached hydrogens (tertiary/aromatic N) is 1. The van der Waals surface area contributed by atoms with Crippen LogP contribution in [0.15, 0.2) is 12.1 Å². The van der Waals surface area contributed by atoms with Crippen LogP contribution in [0.4, 0.5) is 10.1 Å². The number of carboxylic acids is 1. The Morgan fingerprint density at radius 3 is 2.69 bits per heavy atom. The molecule has 0 fully saturated rings. The van der Waals surface area contributed by atoms with Crippen molar-refractivity contribution in [1.82, 2.24) is 0 Å². The van der Waals surface area contributed by atoms with Crippen LogP contribution in [0.5, 0.6) is 0 Å². The Bertz CT molecular complexity index is 409. The number of hydrogen-bond donors (Lipinski definition) is 2. The summed E-state index contributed by atoms with van der Waals surface area (Å²) >= 11 is 0. The van der Waals surface area contributed by atoms with Gasteiger partial charge in [-0.1, -0.05) is 0 Å². The van der Waals surface area contributed by atoms with E-state index in [0.717, 1.165) is 6.07 Å². The van der Waals surface area contributed by atoms with Gasteiger partial charge in [0.15, 0.2) is 5.82 Å². The molecule has 0 unspecified atom stereocenters. The molecule has 1 aromatic carbocycles. The first-order valence-corrected chi connectivity index (χ1v) is 3.29. The highest BCUT2D eigenvalue weighted by Crippen LogP contribution is 2.18. The first kappa shape index (κ1) is 9.00. The second-order valence-corrected chi connectivity index (χ2v) is 2.31. The Hall–Kier alpha value is -2.09. The minimum atomic E-state index is -1.48. The van der Waals surface area contributed by atoms with E-state index in [1.165, 1.54) is 12.1 Å². The predicted molar refractivity (Wildman–Crippen MR) is 42.5 cm³/mol. The summed E-state index contributed by atoms with van der Waals surface area (Å²) in [5.74, 6) is -2.57. The lowest BCUT2D eigenvalue weighted by atomic mass is 10.1. The fraction of sp³-hybridized carbons (Fsp3) is 0. The molecule has 5 heteroatoms. The smallest absolute Gasteiger partial charge is 0.340 e. The average molecular weight is 180 g/mol. The van der Waals surface area contributed by atoms with Gasteiger partial charge >= 0.3 is 5.97 Å². The highest BCUT2D eigenvalue weighted by molar-refractivity contribution is 5.94. The Morgan fingerprint density at radius 1 is 1.62 bits per heavy atom. The number of carbonyl (C=O) groups is 1. The molecule has 0 saturated carbocycles. The molecule has 1 aromatic rings. The van der Waals surface area contributed by atoms with E-state index in [1.54, 1.807) is 0 Å². The van der Waals surface area contributed by atoms with Gasteiger partial charge in [0.2, 0.25) is 0 Å². The third-order valence-corrected chi connectivity index (χ3v) is 1.51. The molecule has 0 amide bonds. The van der Waals surface area contributed by atoms with E-state index >= 15 is 0 Å². The molecule has 66 valence electrons. The molecule has 0 radical (unpaired) electrons. The summed E-state index contributed by atoms with van der Waals surface area (Å²) in [7, 11) is 0. The van der Waals surface area contributed by atoms with Crippen LogP contribution < -0.4 is 5.73 Å². The molecule has 4 nitrogen and oxygen atoms in total. The summed E-state index contributed by atoms with van der Waals surface area (Å²) in [6, 6.07) is 3.85. The standard InChI is InChI=1S/C8H5FN2O2/c9-7-4(3-10)1-2-5(11)6(7)8(12)13/h1-2H,11H2,(H,12,13). The second-order valence-electron chi connectivity index (χ2n) is 2.31. The van der Waals surface area contributed by atoms with Crippen LogP contribution in [0.2, 0.25) is 0 Å². The van der Waals surface area contributed by atoms with E-state index in [0.29, 0.717) is 0 Å². The summed E-state index contributed by atoms with van der Waals surface area (Å²) in [6.07, 6.45) is 0. The van der Waals surface area contributed by atoms with Crippen molar-refractivity contribution in [3.05, 3.63) is 29.1 Å². The van der Waals surface area contributed by atoms with Gasteiger partial charge in [-0.25, -0.2) is 9.18 Å². The molecular weight excluding hydrogens is 175 g/mol. The first-order chi connectivity index (χ1) is 6.07. The third-order valence-electron chi connectivity index (χ3n) is 1.51. The molecule has 3 N–H and O–H groups in total. The van der Waals surface area contributed by atoms with Gasteiger partial charge in [-0.3, -0.25) is 0 Å². The van der Waals surface area contributed by atoms with Crippen LogP contribution in [0.3, 0.4) is 0 Å². The monoisotopic (exact) mass is 180 g/mol. The number of benzene rings is 1. The van der Waals surface area contributed by atoms with Crippen LogP contribution in [0.1, 0.15) is 15.9 Å². The summed E-state index contributed by atoms with van der Waals surface area (Å²) in [6.45, 7) is 0. The van der Waals surface area contributed by atoms with Crippen molar-refractivity contribution in [2.45, 2.75) is 0 Å². The largest absolute Gasteiger partial charge is 0.478 e. The van der Waals surface area contributed by atoms with E-state index < -0.39 is 17.3 Å². The van der Waals surface area contributed by atoms with Crippen LogP contribution in [-0.4, -0.2) is 11.1 Å². The van der Waals surface area contributed by atoms with Gasteiger partial charge in [0, 0.05) is 5.69 Å². The molecule has 0 bridgehead atoms. The van der Waals surface area contributed by atoms with Crippen molar-refractivity contribution in [3.63, 3.8) is 0 Å². The minimum absolute atomic E-state index is 0.191. The lowest BCUT2D eigenvalue weighted by Crippen LogP contribution is -2.07. The maximum absolute atomic E-state index is 13.1. The lowest BCUT2D eigenvalue weighted by Gasteiger charge is -2.02. The van der Waals surface area contributed by atoms with Crippen molar-refractivity contribution in [2.75, 3.05) is 5.73 Å². The van der Waals surface area contributed by atoms with Crippen molar-refractivity contribution in [1.29, 1.82) is 5.26 Å². The summed E-state index contributed by atoms with van der Waals surface area (Å²) in [4.78, 5) is 10.5. The zero-order valence-corrected chi connectivity index (χ0v) is 6.41. The maximum Gasteiger partial charge on any atom is 0.340 e. The van der Waals surface area contributed by atoms with Crippen molar-refractivity contribution in [3.8, 4) is 6.07 Å². The molecule has 0 aliphatic rings. The number of rotatable bonds is 1. The molecule has 0 aliphatic heterocycles. The maximum atomic E-state index is 13.1. The third kappa shape index (κ3) is 1.42. The van der Waals surface area contributed by atoms with Gasteiger partial charge in [-0.2, -0.15) is 5.26 Å². The number of anilines is 1. The van der Waals surface area contributed by atoms with Gasteiger partial charge in [-0.05, 0) is 12.1 Å². The molecule has 0 spiro atoms. The topological polar surface area (TPSA) is 87.1 Å². The SMILES string of the molecule is N#Cc1ccc(N)c(C(=O)O)c1F. The number of nitrogen functional groups attached to an aromatic ring is 1. The molecule has 1 rings (SSSR count). The van der Waals surface area contributed by atoms with E-state index in [1.807, 2.05) is 0 Å². The quantitative estimate of drug-likeness (QED) is 0.630. The van der Waals surface area contributed by atoms with Crippen molar-refractivity contribution < 1.29 is 14.3 Å². The normalized spacial score (nSPS) is 9.23. The number of nitriles is 1. The highest BCUT2D eigenvalue weighted by Gasteiger charge is 2.17. The van der Waals surface area contributed by atoms with Crippen molar-refractivity contribution >= 4 is 11.7 Å². The van der Waals surface area contributed by atoms with E-state index in [9.17, 15) is 9.18 Å². The summed E-state index contributed by atoms with van der Waals surface area (Å²) < 4.78 is 13.1. The molecule has 0 atom stereocenters. The zero-order valence-electron chi connectivity index (χ0n) is 6.41. The number of hydrogen-bond acceptors (Lipinski definition) is 3. The van der Waals surface area contributed by atoms with Gasteiger partial charge < -0.3 is 10.8 Å². The number of aromatic carboxylic acids is 1. The number of halogens is 1. The molecule has 0 aromatic heterocycles. The Morgan fingerprint density at radius 2 is 2.23 bits per heavy atom. The predicted octanol–water partition coefficient (Wildman–Crippen LogP) is 0.978. The van der Waals surface area contributed by atoms with Crippen LogP contribution in [-0.2, 0) is 0 Å². The van der Waals surface area contributed by atoms with Gasteiger partial charge in [-0.15, -0.1) is 0 Å². The Kier molecular flexibility index (Phi) is 2.15. The fourth-order valence-electron chi connectivity index (χ4n) is 0.895. The van der Waals surface area contributed by atoms with Crippen molar-refractivity contribution in [2.24, 2.45) is 0 Å². The van der Waals surface area contributed by atoms with E-state index in [2.05, 4.69) is 0 Å². The highest BCUT2D eigenvalue weighted by atomic mass is 19.1. The van der Waals surface area contributed by atoms with Crippen LogP contribution in [0, 0.1) is 17.1 Å². The Labute approximate surface area is 73.0 Å². The zero-order chi connectivity index (χ0) is 10.0. The molecule has 0 aliphatic carbocycles. The molecule has 0 heterocycles. The van der Waals surface area contributed by atoms with E-state index in [-0.39, 0.29) is 11.3 Å². The van der Waals surface area contributed by atoms with Crippen LogP contribution >= 0.6 is 0 Å². The number of nitrogens with two attached hydrogens (primary N) is 1. The second kappa shape index (κ2) is 3.11. The van der Waals surface area contributed by atoms with Crippen LogP contribution in [0.25, 0.3) is 0 Å². The first-order valence-electron chi connectivity index (χ1n) is 3.29. The molecule has 13 heavy (non-hydrogen) atoms. The van der Waals surface area contributed by atoms with Gasteiger partial charge in [0.25, 0.3) is 0 Å².